The number of nitrogens with one attached hydrogen (secondary N) is 1. The zero-order chi connectivity index (χ0) is 33.4. The first-order valence-electron chi connectivity index (χ1n) is 15.8. The largest absolute Gasteiger partial charge is 0.495 e. The van der Waals surface area contributed by atoms with E-state index < -0.39 is 28.5 Å². The van der Waals surface area contributed by atoms with Crippen molar-refractivity contribution in [2.45, 2.75) is 62.6 Å². The molecule has 0 saturated heterocycles. The van der Waals surface area contributed by atoms with E-state index in [9.17, 15) is 18.0 Å². The SMILES string of the molecule is COc1ccccc1N(CC(=O)N(Cc1ccccc1Cl)[C@H](Cc1ccccc1)C(=O)NC1CCCC1)S(=O)(=O)c1ccc(C)cc1. The summed E-state index contributed by atoms with van der Waals surface area (Å²) in [5, 5.41) is 3.62. The number of carbonyl (C=O) groups excluding carboxylic acids is 2. The highest BCUT2D eigenvalue weighted by molar-refractivity contribution is 7.92. The van der Waals surface area contributed by atoms with E-state index in [1.165, 1.54) is 24.1 Å². The topological polar surface area (TPSA) is 96.0 Å². The lowest BCUT2D eigenvalue weighted by molar-refractivity contribution is -0.140. The first-order valence-corrected chi connectivity index (χ1v) is 17.6. The summed E-state index contributed by atoms with van der Waals surface area (Å²) in [7, 11) is -2.81. The van der Waals surface area contributed by atoms with E-state index in [-0.39, 0.29) is 41.2 Å². The molecule has 1 aliphatic rings. The first kappa shape index (κ1) is 34.0. The Hall–Kier alpha value is -4.34. The molecule has 246 valence electrons. The van der Waals surface area contributed by atoms with Gasteiger partial charge in [0, 0.05) is 24.0 Å². The molecule has 8 nitrogen and oxygen atoms in total. The predicted molar refractivity (Wildman–Crippen MR) is 185 cm³/mol. The van der Waals surface area contributed by atoms with Crippen LogP contribution in [-0.4, -0.2) is 50.9 Å². The number of sulfonamides is 1. The van der Waals surface area contributed by atoms with E-state index >= 15 is 0 Å². The molecule has 1 aliphatic carbocycles. The third-order valence-electron chi connectivity index (χ3n) is 8.51. The molecule has 5 rings (SSSR count). The zero-order valence-corrected chi connectivity index (χ0v) is 28.2. The summed E-state index contributed by atoms with van der Waals surface area (Å²) < 4.78 is 35.2. The number of rotatable bonds is 13. The van der Waals surface area contributed by atoms with Gasteiger partial charge in [-0.05, 0) is 61.2 Å². The number of hydrogen-bond donors (Lipinski definition) is 1. The molecule has 0 aliphatic heterocycles. The third kappa shape index (κ3) is 8.34. The number of methoxy groups -OCH3 is 1. The second kappa shape index (κ2) is 15.5. The van der Waals surface area contributed by atoms with Gasteiger partial charge < -0.3 is 15.0 Å². The van der Waals surface area contributed by atoms with Crippen molar-refractivity contribution in [3.8, 4) is 5.75 Å². The minimum atomic E-state index is -4.26. The summed E-state index contributed by atoms with van der Waals surface area (Å²) in [6, 6.07) is 28.8. The molecule has 1 saturated carbocycles. The number of nitrogens with zero attached hydrogens (tertiary/aromatic N) is 2. The highest BCUT2D eigenvalue weighted by Gasteiger charge is 2.36. The predicted octanol–water partition coefficient (Wildman–Crippen LogP) is 6.55. The van der Waals surface area contributed by atoms with Crippen molar-refractivity contribution in [1.29, 1.82) is 0 Å². The van der Waals surface area contributed by atoms with Gasteiger partial charge in [-0.2, -0.15) is 0 Å². The van der Waals surface area contributed by atoms with Crippen LogP contribution < -0.4 is 14.4 Å². The van der Waals surface area contributed by atoms with Gasteiger partial charge in [-0.25, -0.2) is 8.42 Å². The van der Waals surface area contributed by atoms with Crippen LogP contribution >= 0.6 is 11.6 Å². The van der Waals surface area contributed by atoms with E-state index in [4.69, 9.17) is 16.3 Å². The Morgan fingerprint density at radius 1 is 0.894 bits per heavy atom. The van der Waals surface area contributed by atoms with Crippen molar-refractivity contribution in [1.82, 2.24) is 10.2 Å². The number of aryl methyl sites for hydroxylation is 1. The van der Waals surface area contributed by atoms with Gasteiger partial charge in [0.1, 0.15) is 18.3 Å². The van der Waals surface area contributed by atoms with Crippen molar-refractivity contribution < 1.29 is 22.7 Å². The Balaban J connectivity index is 1.59. The maximum Gasteiger partial charge on any atom is 0.264 e. The Kier molecular flexibility index (Phi) is 11.2. The summed E-state index contributed by atoms with van der Waals surface area (Å²) in [6.07, 6.45) is 4.04. The van der Waals surface area contributed by atoms with Crippen molar-refractivity contribution in [2.24, 2.45) is 0 Å². The molecule has 47 heavy (non-hydrogen) atoms. The van der Waals surface area contributed by atoms with Crippen LogP contribution in [0.4, 0.5) is 5.69 Å². The van der Waals surface area contributed by atoms with Crippen molar-refractivity contribution in [2.75, 3.05) is 18.0 Å². The zero-order valence-electron chi connectivity index (χ0n) is 26.6. The van der Waals surface area contributed by atoms with Gasteiger partial charge in [0.25, 0.3) is 10.0 Å². The average molecular weight is 674 g/mol. The van der Waals surface area contributed by atoms with Gasteiger partial charge in [-0.3, -0.25) is 13.9 Å². The Labute approximate surface area is 282 Å². The molecule has 0 radical (unpaired) electrons. The van der Waals surface area contributed by atoms with Crippen molar-refractivity contribution in [3.63, 3.8) is 0 Å². The maximum atomic E-state index is 14.7. The Morgan fingerprint density at radius 3 is 2.21 bits per heavy atom. The fourth-order valence-corrected chi connectivity index (χ4v) is 7.54. The molecule has 1 N–H and O–H groups in total. The molecule has 2 amide bonds. The molecule has 0 spiro atoms. The quantitative estimate of drug-likeness (QED) is 0.174. The highest BCUT2D eigenvalue weighted by Crippen LogP contribution is 2.33. The van der Waals surface area contributed by atoms with Gasteiger partial charge in [0.05, 0.1) is 17.7 Å². The minimum Gasteiger partial charge on any atom is -0.495 e. The third-order valence-corrected chi connectivity index (χ3v) is 10.7. The van der Waals surface area contributed by atoms with Crippen LogP contribution in [-0.2, 0) is 32.6 Å². The second-order valence-corrected chi connectivity index (χ2v) is 14.1. The molecular weight excluding hydrogens is 634 g/mol. The summed E-state index contributed by atoms with van der Waals surface area (Å²) in [5.41, 5.74) is 2.60. The van der Waals surface area contributed by atoms with Crippen LogP contribution in [0.2, 0.25) is 5.02 Å². The molecule has 0 unspecified atom stereocenters. The van der Waals surface area contributed by atoms with Gasteiger partial charge in [0.15, 0.2) is 0 Å². The highest BCUT2D eigenvalue weighted by atomic mass is 35.5. The van der Waals surface area contributed by atoms with Crippen LogP contribution in [0, 0.1) is 6.92 Å². The number of carbonyl (C=O) groups is 2. The number of para-hydroxylation sites is 2. The molecule has 0 aromatic heterocycles. The summed E-state index contributed by atoms with van der Waals surface area (Å²) in [5.74, 6) is -0.561. The fourth-order valence-electron chi connectivity index (χ4n) is 5.92. The molecule has 4 aromatic carbocycles. The van der Waals surface area contributed by atoms with Crippen LogP contribution in [0.25, 0.3) is 0 Å². The normalized spacial score (nSPS) is 13.9. The van der Waals surface area contributed by atoms with Crippen molar-refractivity contribution in [3.05, 3.63) is 125 Å². The second-order valence-electron chi connectivity index (χ2n) is 11.8. The van der Waals surface area contributed by atoms with Crippen molar-refractivity contribution >= 4 is 39.1 Å². The number of halogens is 1. The number of hydrogen-bond acceptors (Lipinski definition) is 5. The number of amides is 2. The fraction of sp³-hybridized carbons (Fsp3) is 0.297. The van der Waals surface area contributed by atoms with Crippen LogP contribution in [0.1, 0.15) is 42.4 Å². The van der Waals surface area contributed by atoms with Gasteiger partial charge in [-0.15, -0.1) is 0 Å². The monoisotopic (exact) mass is 673 g/mol. The first-order chi connectivity index (χ1) is 22.7. The molecular formula is C37H40ClN3O5S. The van der Waals surface area contributed by atoms with Gasteiger partial charge in [-0.1, -0.05) is 103 Å². The number of benzene rings is 4. The van der Waals surface area contributed by atoms with Crippen LogP contribution in [0.3, 0.4) is 0 Å². The average Bonchev–Trinajstić information content (AvgIpc) is 3.59. The van der Waals surface area contributed by atoms with Crippen LogP contribution in [0.5, 0.6) is 5.75 Å². The van der Waals surface area contributed by atoms with Crippen LogP contribution in [0.15, 0.2) is 108 Å². The number of anilines is 1. The van der Waals surface area contributed by atoms with Gasteiger partial charge >= 0.3 is 0 Å². The molecule has 4 aromatic rings. The lowest BCUT2D eigenvalue weighted by Gasteiger charge is -2.34. The summed E-state index contributed by atoms with van der Waals surface area (Å²) >= 11 is 6.60. The summed E-state index contributed by atoms with van der Waals surface area (Å²) in [4.78, 5) is 30.3. The van der Waals surface area contributed by atoms with E-state index in [0.717, 1.165) is 41.1 Å². The Bertz CT molecular complexity index is 1780. The molecule has 10 heteroatoms. The van der Waals surface area contributed by atoms with Gasteiger partial charge in [0.2, 0.25) is 11.8 Å². The minimum absolute atomic E-state index is 0.00155. The molecule has 1 fully saturated rings. The summed E-state index contributed by atoms with van der Waals surface area (Å²) in [6.45, 7) is 1.29. The molecule has 0 heterocycles. The maximum absolute atomic E-state index is 14.7. The molecule has 1 atom stereocenters. The van der Waals surface area contributed by atoms with E-state index in [0.29, 0.717) is 10.6 Å². The lowest BCUT2D eigenvalue weighted by atomic mass is 10.0. The molecule has 0 bridgehead atoms. The standard InChI is InChI=1S/C37H40ClN3O5S/c1-27-20-22-31(23-21-27)47(44,45)41(33-18-10-11-19-35(33)46-2)26-36(42)40(25-29-14-6-9-17-32(29)38)34(24-28-12-4-3-5-13-28)37(43)39-30-15-7-8-16-30/h3-6,9-14,17-23,30,34H,7-8,15-16,24-26H2,1-2H3,(H,39,43)/t34-/m1/s1. The van der Waals surface area contributed by atoms with E-state index in [2.05, 4.69) is 5.32 Å². The number of ether oxygens (including phenoxy) is 1. The Morgan fingerprint density at radius 2 is 1.53 bits per heavy atom. The lowest BCUT2D eigenvalue weighted by Crippen LogP contribution is -2.54. The smallest absolute Gasteiger partial charge is 0.264 e. The van der Waals surface area contributed by atoms with E-state index in [1.54, 1.807) is 54.6 Å². The van der Waals surface area contributed by atoms with E-state index in [1.807, 2.05) is 43.3 Å².